The first-order valence-corrected chi connectivity index (χ1v) is 11.0. The van der Waals surface area contributed by atoms with Gasteiger partial charge in [-0.15, -0.1) is 0 Å². The molecule has 0 N–H and O–H groups in total. The molecule has 0 saturated carbocycles. The zero-order chi connectivity index (χ0) is 23.5. The molecule has 172 valence electrons. The van der Waals surface area contributed by atoms with Crippen LogP contribution in [0.5, 0.6) is 0 Å². The fourth-order valence-electron chi connectivity index (χ4n) is 4.14. The summed E-state index contributed by atoms with van der Waals surface area (Å²) in [5.41, 5.74) is 3.23. The molecule has 5 nitrogen and oxygen atoms in total. The van der Waals surface area contributed by atoms with Gasteiger partial charge in [0.1, 0.15) is 23.5 Å². The van der Waals surface area contributed by atoms with Gasteiger partial charge < -0.3 is 9.74 Å². The molecular weight excluding hydrogens is 424 g/mol. The van der Waals surface area contributed by atoms with E-state index in [0.717, 1.165) is 48.8 Å². The fraction of sp³-hybridized carbons (Fsp3) is 0.308. The topological polar surface area (TPSA) is 46.8 Å². The molecule has 33 heavy (non-hydrogen) atoms. The molecule has 1 fully saturated rings. The molecule has 1 aromatic heterocycles. The van der Waals surface area contributed by atoms with E-state index in [0.29, 0.717) is 5.56 Å². The molecule has 1 saturated heterocycles. The lowest BCUT2D eigenvalue weighted by Gasteiger charge is -2.27. The van der Waals surface area contributed by atoms with Gasteiger partial charge in [-0.05, 0) is 63.1 Å². The first-order chi connectivity index (χ1) is 15.8. The smallest absolute Gasteiger partial charge is 0.255 e. The third-order valence-corrected chi connectivity index (χ3v) is 6.01. The second kappa shape index (κ2) is 9.67. The molecule has 0 aliphatic carbocycles. The largest absolute Gasteiger partial charge is 0.392 e. The Morgan fingerprint density at radius 1 is 1.03 bits per heavy atom. The molecule has 3 aromatic rings. The van der Waals surface area contributed by atoms with E-state index in [2.05, 4.69) is 17.1 Å². The van der Waals surface area contributed by atoms with Gasteiger partial charge in [-0.2, -0.15) is 0 Å². The van der Waals surface area contributed by atoms with Crippen LogP contribution in [0.15, 0.2) is 64.7 Å². The molecule has 0 bridgehead atoms. The number of rotatable bonds is 5. The Bertz CT molecular complexity index is 1220. The van der Waals surface area contributed by atoms with Crippen molar-refractivity contribution in [3.8, 4) is 5.69 Å². The maximum atomic E-state index is 14.8. The maximum absolute atomic E-state index is 14.8. The van der Waals surface area contributed by atoms with Crippen LogP contribution in [0.3, 0.4) is 0 Å². The van der Waals surface area contributed by atoms with Gasteiger partial charge in [0.05, 0.1) is 5.69 Å². The lowest BCUT2D eigenvalue weighted by atomic mass is 10.0. The number of hydrogen-bond donors (Lipinski definition) is 0. The van der Waals surface area contributed by atoms with Crippen LogP contribution in [0.2, 0.25) is 0 Å². The molecule has 1 aliphatic rings. The summed E-state index contributed by atoms with van der Waals surface area (Å²) in [7, 11) is 2.05. The lowest BCUT2D eigenvalue weighted by Crippen LogP contribution is -2.33. The highest BCUT2D eigenvalue weighted by Gasteiger charge is 2.20. The van der Waals surface area contributed by atoms with E-state index in [9.17, 15) is 13.6 Å². The van der Waals surface area contributed by atoms with Gasteiger partial charge in [-0.25, -0.2) is 8.78 Å². The van der Waals surface area contributed by atoms with Crippen molar-refractivity contribution in [3.63, 3.8) is 0 Å². The minimum absolute atomic E-state index is 0.0933. The molecule has 0 amide bonds. The van der Waals surface area contributed by atoms with Gasteiger partial charge in [0.15, 0.2) is 0 Å². The molecule has 0 atom stereocenters. The van der Waals surface area contributed by atoms with Crippen molar-refractivity contribution in [1.82, 2.24) is 9.47 Å². The molecule has 1 aliphatic heterocycles. The highest BCUT2D eigenvalue weighted by atomic mass is 19.1. The van der Waals surface area contributed by atoms with Gasteiger partial charge in [0, 0.05) is 42.5 Å². The third-order valence-electron chi connectivity index (χ3n) is 6.01. The molecular formula is C26H27F2N3O2. The van der Waals surface area contributed by atoms with Crippen molar-refractivity contribution in [1.29, 1.82) is 0 Å². The summed E-state index contributed by atoms with van der Waals surface area (Å²) in [5.74, 6) is -1.42. The van der Waals surface area contributed by atoms with Gasteiger partial charge in [-0.1, -0.05) is 23.4 Å². The lowest BCUT2D eigenvalue weighted by molar-refractivity contribution is 0.0163. The summed E-state index contributed by atoms with van der Waals surface area (Å²) < 4.78 is 29.9. The van der Waals surface area contributed by atoms with Crippen LogP contribution in [-0.4, -0.2) is 41.4 Å². The van der Waals surface area contributed by atoms with Crippen molar-refractivity contribution in [2.75, 3.05) is 20.1 Å². The van der Waals surface area contributed by atoms with Crippen molar-refractivity contribution in [2.45, 2.75) is 32.8 Å². The quantitative estimate of drug-likeness (QED) is 0.421. The Kier molecular flexibility index (Phi) is 6.70. The van der Waals surface area contributed by atoms with Crippen LogP contribution in [-0.2, 0) is 4.84 Å². The van der Waals surface area contributed by atoms with Gasteiger partial charge in [0.2, 0.25) is 0 Å². The fourth-order valence-corrected chi connectivity index (χ4v) is 4.14. The Balaban J connectivity index is 1.80. The Morgan fingerprint density at radius 2 is 1.73 bits per heavy atom. The molecule has 0 unspecified atom stereocenters. The summed E-state index contributed by atoms with van der Waals surface area (Å²) in [4.78, 5) is 20.8. The average molecular weight is 452 g/mol. The second-order valence-corrected chi connectivity index (χ2v) is 8.54. The van der Waals surface area contributed by atoms with Crippen molar-refractivity contribution in [2.24, 2.45) is 5.16 Å². The number of hydrogen-bond acceptors (Lipinski definition) is 4. The highest BCUT2D eigenvalue weighted by molar-refractivity contribution is 6.12. The summed E-state index contributed by atoms with van der Waals surface area (Å²) in [6.45, 7) is 5.63. The normalized spacial score (nSPS) is 15.6. The van der Waals surface area contributed by atoms with E-state index in [1.54, 1.807) is 12.3 Å². The number of halogens is 2. The Labute approximate surface area is 191 Å². The maximum Gasteiger partial charge on any atom is 0.255 e. The molecule has 2 heterocycles. The van der Waals surface area contributed by atoms with E-state index in [1.165, 1.54) is 22.8 Å². The zero-order valence-corrected chi connectivity index (χ0v) is 19.0. The summed E-state index contributed by atoms with van der Waals surface area (Å²) in [5, 5.41) is 4.33. The monoisotopic (exact) mass is 451 g/mol. The van der Waals surface area contributed by atoms with Crippen molar-refractivity contribution < 1.29 is 13.6 Å². The number of aromatic nitrogens is 1. The van der Waals surface area contributed by atoms with E-state index in [1.807, 2.05) is 32.0 Å². The van der Waals surface area contributed by atoms with Crippen LogP contribution < -0.4 is 5.56 Å². The van der Waals surface area contributed by atoms with Crippen LogP contribution in [0.25, 0.3) is 5.69 Å². The van der Waals surface area contributed by atoms with Crippen LogP contribution in [0.4, 0.5) is 8.78 Å². The molecule has 0 spiro atoms. The predicted molar refractivity (Wildman–Crippen MR) is 125 cm³/mol. The number of aryl methyl sites for hydroxylation is 2. The van der Waals surface area contributed by atoms with E-state index >= 15 is 0 Å². The molecule has 0 radical (unpaired) electrons. The first-order valence-electron chi connectivity index (χ1n) is 11.0. The van der Waals surface area contributed by atoms with Crippen molar-refractivity contribution in [3.05, 3.63) is 99.0 Å². The zero-order valence-electron chi connectivity index (χ0n) is 19.0. The number of oxime groups is 1. The molecule has 7 heteroatoms. The van der Waals surface area contributed by atoms with Crippen LogP contribution in [0, 0.1) is 25.5 Å². The van der Waals surface area contributed by atoms with Crippen LogP contribution >= 0.6 is 0 Å². The summed E-state index contributed by atoms with van der Waals surface area (Å²) >= 11 is 0. The van der Waals surface area contributed by atoms with E-state index in [-0.39, 0.29) is 22.9 Å². The van der Waals surface area contributed by atoms with Gasteiger partial charge in [-0.3, -0.25) is 9.36 Å². The average Bonchev–Trinajstić information content (AvgIpc) is 2.78. The number of para-hydroxylation sites is 1. The van der Waals surface area contributed by atoms with Crippen molar-refractivity contribution >= 4 is 5.71 Å². The number of nitrogens with zero attached hydrogens (tertiary/aromatic N) is 3. The number of piperidine rings is 1. The van der Waals surface area contributed by atoms with Crippen LogP contribution in [0.1, 0.15) is 35.1 Å². The number of benzene rings is 2. The SMILES string of the molecule is Cc1cccc(C)c1-n1cc(/C(=N/OC2CCN(C)CC2)c2ccc(F)cc2F)ccc1=O. The standard InChI is InChI=1S/C26H27F2N3O2/c1-17-5-4-6-18(2)26(17)31-16-19(7-10-24(31)32)25(22-9-8-20(27)15-23(22)28)29-33-21-11-13-30(3)14-12-21/h4-10,15-16,21H,11-14H2,1-3H3/b29-25-. The third kappa shape index (κ3) is 5.03. The molecule has 2 aromatic carbocycles. The number of likely N-dealkylation sites (tertiary alicyclic amines) is 1. The minimum atomic E-state index is -0.745. The van der Waals surface area contributed by atoms with E-state index < -0.39 is 11.6 Å². The summed E-state index contributed by atoms with van der Waals surface area (Å²) in [6.07, 6.45) is 3.16. The van der Waals surface area contributed by atoms with E-state index in [4.69, 9.17) is 4.84 Å². The molecule has 4 rings (SSSR count). The van der Waals surface area contributed by atoms with Gasteiger partial charge in [0.25, 0.3) is 5.56 Å². The van der Waals surface area contributed by atoms with Gasteiger partial charge >= 0.3 is 0 Å². The minimum Gasteiger partial charge on any atom is -0.392 e. The predicted octanol–water partition coefficient (Wildman–Crippen LogP) is 4.60. The summed E-state index contributed by atoms with van der Waals surface area (Å²) in [6, 6.07) is 12.2. The number of pyridine rings is 1. The Morgan fingerprint density at radius 3 is 2.39 bits per heavy atom. The first kappa shape index (κ1) is 22.9. The highest BCUT2D eigenvalue weighted by Crippen LogP contribution is 2.21. The Hall–Kier alpha value is -3.32. The second-order valence-electron chi connectivity index (χ2n) is 8.54.